The Kier molecular flexibility index (Phi) is 5.12. The summed E-state index contributed by atoms with van der Waals surface area (Å²) in [6.07, 6.45) is 0.560. The lowest BCUT2D eigenvalue weighted by atomic mass is 9.77. The van der Waals surface area contributed by atoms with Crippen molar-refractivity contribution in [2.45, 2.75) is 56.8 Å². The van der Waals surface area contributed by atoms with Crippen LogP contribution in [-0.4, -0.2) is 16.8 Å². The summed E-state index contributed by atoms with van der Waals surface area (Å²) in [6.45, 7) is 10.1. The van der Waals surface area contributed by atoms with Crippen LogP contribution in [0.4, 0.5) is 0 Å². The first-order chi connectivity index (χ1) is 9.13. The summed E-state index contributed by atoms with van der Waals surface area (Å²) in [4.78, 5) is 0.830. The molecule has 2 N–H and O–H groups in total. The van der Waals surface area contributed by atoms with Crippen molar-refractivity contribution in [2.75, 3.05) is 6.61 Å². The minimum atomic E-state index is -0.342. The first kappa shape index (κ1) is 16.9. The third-order valence-electron chi connectivity index (χ3n) is 3.52. The lowest BCUT2D eigenvalue weighted by Crippen LogP contribution is -2.21. The molecule has 0 aliphatic heterocycles. The Bertz CT molecular complexity index is 525. The average molecular weight is 293 g/mol. The fourth-order valence-electron chi connectivity index (χ4n) is 2.22. The van der Waals surface area contributed by atoms with Gasteiger partial charge in [0.2, 0.25) is 0 Å². The number of aliphatic hydroxyl groups is 1. The molecule has 0 spiro atoms. The van der Waals surface area contributed by atoms with E-state index in [2.05, 4.69) is 5.40 Å². The highest BCUT2D eigenvalue weighted by Crippen LogP contribution is 2.42. The fraction of sp³-hybridized carbons (Fsp3) is 0.562. The van der Waals surface area contributed by atoms with Crippen molar-refractivity contribution in [1.29, 1.82) is 5.26 Å². The van der Waals surface area contributed by atoms with E-state index in [-0.39, 0.29) is 23.2 Å². The predicted octanol–water partition coefficient (Wildman–Crippen LogP) is 3.92. The maximum Gasteiger partial charge on any atom is 0.138 e. The Morgan fingerprint density at radius 3 is 2.15 bits per heavy atom. The predicted molar refractivity (Wildman–Crippen MR) is 83.0 cm³/mol. The van der Waals surface area contributed by atoms with Crippen molar-refractivity contribution < 1.29 is 10.2 Å². The number of rotatable bonds is 4. The Morgan fingerprint density at radius 2 is 1.70 bits per heavy atom. The Hall–Kier alpha value is -1.18. The molecular formula is C16H23NO2S. The van der Waals surface area contributed by atoms with Crippen LogP contribution in [0, 0.1) is 10.7 Å². The fourth-order valence-corrected chi connectivity index (χ4v) is 2.68. The zero-order valence-electron chi connectivity index (χ0n) is 12.8. The van der Waals surface area contributed by atoms with Crippen LogP contribution in [0.2, 0.25) is 0 Å². The largest absolute Gasteiger partial charge is 0.507 e. The molecule has 0 atom stereocenters. The minimum absolute atomic E-state index is 0.0624. The molecule has 20 heavy (non-hydrogen) atoms. The van der Waals surface area contributed by atoms with E-state index < -0.39 is 0 Å². The van der Waals surface area contributed by atoms with Gasteiger partial charge in [-0.25, -0.2) is 0 Å². The number of hydrogen-bond donors (Lipinski definition) is 2. The molecule has 0 radical (unpaired) electrons. The van der Waals surface area contributed by atoms with Crippen molar-refractivity contribution in [3.05, 3.63) is 23.3 Å². The van der Waals surface area contributed by atoms with Crippen molar-refractivity contribution >= 4 is 11.8 Å². The zero-order valence-corrected chi connectivity index (χ0v) is 13.6. The van der Waals surface area contributed by atoms with Gasteiger partial charge in [-0.05, 0) is 41.1 Å². The van der Waals surface area contributed by atoms with E-state index >= 15 is 0 Å². The van der Waals surface area contributed by atoms with E-state index in [1.54, 1.807) is 0 Å². The molecule has 0 saturated heterocycles. The van der Waals surface area contributed by atoms with Crippen LogP contribution in [0.1, 0.15) is 52.2 Å². The monoisotopic (exact) mass is 293 g/mol. The summed E-state index contributed by atoms with van der Waals surface area (Å²) >= 11 is 1.09. The Labute approximate surface area is 125 Å². The molecule has 0 aliphatic rings. The van der Waals surface area contributed by atoms with E-state index in [0.717, 1.165) is 27.8 Å². The topological polar surface area (TPSA) is 64.2 Å². The van der Waals surface area contributed by atoms with E-state index in [1.165, 1.54) is 0 Å². The summed E-state index contributed by atoms with van der Waals surface area (Å²) in [7, 11) is 0. The van der Waals surface area contributed by atoms with Crippen molar-refractivity contribution in [1.82, 2.24) is 0 Å². The molecule has 3 nitrogen and oxygen atoms in total. The second kappa shape index (κ2) is 6.07. The number of benzene rings is 1. The normalized spacial score (nSPS) is 12.2. The van der Waals surface area contributed by atoms with Gasteiger partial charge in [-0.1, -0.05) is 34.6 Å². The quantitative estimate of drug-likeness (QED) is 0.652. The Morgan fingerprint density at radius 1 is 1.15 bits per heavy atom. The summed E-state index contributed by atoms with van der Waals surface area (Å²) in [5, 5.41) is 30.8. The van der Waals surface area contributed by atoms with Gasteiger partial charge in [0, 0.05) is 22.6 Å². The standard InChI is InChI=1S/C16H23NO2S/c1-15(2,3)12-8-11(20-10-17)9-13(14(12)19)16(4,5)6-7-18/h8-9,18-19H,6-7H2,1-5H3. The van der Waals surface area contributed by atoms with Crippen LogP contribution in [0.15, 0.2) is 17.0 Å². The van der Waals surface area contributed by atoms with Gasteiger partial charge < -0.3 is 10.2 Å². The molecule has 0 aromatic heterocycles. The van der Waals surface area contributed by atoms with Crippen molar-refractivity contribution in [3.63, 3.8) is 0 Å². The van der Waals surface area contributed by atoms with E-state index in [4.69, 9.17) is 5.26 Å². The number of thioether (sulfide) groups is 1. The third kappa shape index (κ3) is 3.68. The first-order valence-electron chi connectivity index (χ1n) is 6.68. The molecule has 1 rings (SSSR count). The first-order valence-corrected chi connectivity index (χ1v) is 7.50. The van der Waals surface area contributed by atoms with Crippen molar-refractivity contribution in [3.8, 4) is 11.2 Å². The van der Waals surface area contributed by atoms with Gasteiger partial charge in [-0.3, -0.25) is 0 Å². The van der Waals surface area contributed by atoms with Gasteiger partial charge >= 0.3 is 0 Å². The maximum atomic E-state index is 10.6. The summed E-state index contributed by atoms with van der Waals surface area (Å²) in [5.41, 5.74) is 1.07. The molecule has 1 aromatic rings. The number of nitriles is 1. The molecule has 110 valence electrons. The molecule has 0 aliphatic carbocycles. The highest BCUT2D eigenvalue weighted by molar-refractivity contribution is 8.03. The Balaban J connectivity index is 3.51. The lowest BCUT2D eigenvalue weighted by Gasteiger charge is -2.30. The van der Waals surface area contributed by atoms with Crippen LogP contribution in [0.3, 0.4) is 0 Å². The third-order valence-corrected chi connectivity index (χ3v) is 4.08. The molecule has 0 fully saturated rings. The van der Waals surface area contributed by atoms with Crippen LogP contribution < -0.4 is 0 Å². The summed E-state index contributed by atoms with van der Waals surface area (Å²) < 4.78 is 0. The summed E-state index contributed by atoms with van der Waals surface area (Å²) in [5.74, 6) is 0.276. The van der Waals surface area contributed by atoms with Crippen LogP contribution in [0.25, 0.3) is 0 Å². The van der Waals surface area contributed by atoms with Gasteiger partial charge in [-0.15, -0.1) is 0 Å². The molecule has 0 unspecified atom stereocenters. The number of aromatic hydroxyl groups is 1. The van der Waals surface area contributed by atoms with Crippen LogP contribution >= 0.6 is 11.8 Å². The number of phenols is 1. The molecule has 4 heteroatoms. The highest BCUT2D eigenvalue weighted by atomic mass is 32.2. The van der Waals surface area contributed by atoms with E-state index in [9.17, 15) is 10.2 Å². The number of hydrogen-bond acceptors (Lipinski definition) is 4. The molecular weight excluding hydrogens is 270 g/mol. The molecule has 0 amide bonds. The lowest BCUT2D eigenvalue weighted by molar-refractivity contribution is 0.249. The van der Waals surface area contributed by atoms with E-state index in [1.807, 2.05) is 46.8 Å². The maximum absolute atomic E-state index is 10.6. The smallest absolute Gasteiger partial charge is 0.138 e. The number of phenolic OH excluding ortho intramolecular Hbond substituents is 1. The molecule has 0 bridgehead atoms. The minimum Gasteiger partial charge on any atom is -0.507 e. The number of thiocyanates is 1. The van der Waals surface area contributed by atoms with Crippen molar-refractivity contribution in [2.24, 2.45) is 0 Å². The number of aliphatic hydroxyl groups excluding tert-OH is 1. The van der Waals surface area contributed by atoms with Gasteiger partial charge in [0.1, 0.15) is 11.2 Å². The van der Waals surface area contributed by atoms with Gasteiger partial charge in [0.15, 0.2) is 0 Å². The average Bonchev–Trinajstić information content (AvgIpc) is 2.29. The van der Waals surface area contributed by atoms with Gasteiger partial charge in [0.25, 0.3) is 0 Å². The van der Waals surface area contributed by atoms with Gasteiger partial charge in [0.05, 0.1) is 0 Å². The SMILES string of the molecule is CC(C)(C)c1cc(SC#N)cc(C(C)(C)CCO)c1O. The zero-order chi connectivity index (χ0) is 15.6. The second-order valence-corrected chi connectivity index (χ2v) is 7.53. The molecule has 1 aromatic carbocycles. The van der Waals surface area contributed by atoms with Crippen LogP contribution in [0.5, 0.6) is 5.75 Å². The second-order valence-electron chi connectivity index (χ2n) is 6.67. The molecule has 0 heterocycles. The van der Waals surface area contributed by atoms with Crippen LogP contribution in [-0.2, 0) is 10.8 Å². The highest BCUT2D eigenvalue weighted by Gasteiger charge is 2.29. The molecule has 0 saturated carbocycles. The van der Waals surface area contributed by atoms with E-state index in [0.29, 0.717) is 6.42 Å². The number of nitrogens with zero attached hydrogens (tertiary/aromatic N) is 1. The van der Waals surface area contributed by atoms with Gasteiger partial charge in [-0.2, -0.15) is 5.26 Å². The summed E-state index contributed by atoms with van der Waals surface area (Å²) in [6, 6.07) is 3.73.